The number of carbonyl (C=O) groups excluding carboxylic acids is 6. The number of carbonyl (C=O) groups is 6. The van der Waals surface area contributed by atoms with Crippen molar-refractivity contribution in [1.29, 1.82) is 0 Å². The van der Waals surface area contributed by atoms with Crippen molar-refractivity contribution in [2.75, 3.05) is 13.2 Å². The Labute approximate surface area is 312 Å². The zero-order valence-electron chi connectivity index (χ0n) is 33.8. The summed E-state index contributed by atoms with van der Waals surface area (Å²) in [6.07, 6.45) is -6.61. The average Bonchev–Trinajstić information content (AvgIpc) is 3.29. The van der Waals surface area contributed by atoms with Crippen molar-refractivity contribution in [3.8, 4) is 0 Å². The van der Waals surface area contributed by atoms with Crippen molar-refractivity contribution < 1.29 is 66.7 Å². The quantitative estimate of drug-likeness (QED) is 0.229. The number of fused-ring (bicyclic) bond motifs is 1. The topological polar surface area (TPSA) is 176 Å². The molecule has 14 heteroatoms. The Morgan fingerprint density at radius 2 is 1.09 bits per heavy atom. The van der Waals surface area contributed by atoms with Crippen molar-refractivity contribution >= 4 is 35.6 Å². The van der Waals surface area contributed by atoms with Gasteiger partial charge in [0.2, 0.25) is 12.6 Å². The SMILES string of the molecule is CC(C)(C)OC[C@H]1O[C@@H](O[C@@H]2OC(=O)C=C3C(=O)C=C(COC(=O)C(C)(C)C)[C@H]32)[C@H](OC(=O)C(C)(C)C)[C@@H](OC(=O)C(C)(C)C)[C@@H]1OC(=O)C(C)(C)C. The minimum Gasteiger partial charge on any atom is -0.461 e. The number of rotatable bonds is 9. The molecule has 0 aromatic carbocycles. The molecule has 0 N–H and O–H groups in total. The highest BCUT2D eigenvalue weighted by atomic mass is 16.8. The Balaban J connectivity index is 2.18. The maximum absolute atomic E-state index is 13.6. The van der Waals surface area contributed by atoms with Gasteiger partial charge in [0, 0.05) is 11.6 Å². The van der Waals surface area contributed by atoms with Crippen LogP contribution in [0.5, 0.6) is 0 Å². The van der Waals surface area contributed by atoms with E-state index in [1.54, 1.807) is 104 Å². The van der Waals surface area contributed by atoms with E-state index in [0.717, 1.165) is 6.08 Å². The Bertz CT molecular complexity index is 1500. The van der Waals surface area contributed by atoms with Crippen LogP contribution < -0.4 is 0 Å². The molecule has 0 amide bonds. The van der Waals surface area contributed by atoms with E-state index in [2.05, 4.69) is 0 Å². The Morgan fingerprint density at radius 1 is 0.623 bits per heavy atom. The first-order valence-electron chi connectivity index (χ1n) is 17.8. The largest absolute Gasteiger partial charge is 0.461 e. The number of ether oxygens (including phenoxy) is 8. The number of allylic oxidation sites excluding steroid dienone is 1. The van der Waals surface area contributed by atoms with Crippen LogP contribution in [-0.4, -0.2) is 91.4 Å². The second kappa shape index (κ2) is 15.6. The van der Waals surface area contributed by atoms with Crippen LogP contribution in [0, 0.1) is 27.6 Å². The summed E-state index contributed by atoms with van der Waals surface area (Å²) >= 11 is 0. The van der Waals surface area contributed by atoms with Gasteiger partial charge in [-0.15, -0.1) is 0 Å². The highest BCUT2D eigenvalue weighted by Gasteiger charge is 2.57. The van der Waals surface area contributed by atoms with Gasteiger partial charge in [-0.2, -0.15) is 0 Å². The van der Waals surface area contributed by atoms with E-state index in [0.29, 0.717) is 0 Å². The lowest BCUT2D eigenvalue weighted by Crippen LogP contribution is -2.65. The van der Waals surface area contributed by atoms with Crippen LogP contribution in [0.2, 0.25) is 0 Å². The van der Waals surface area contributed by atoms with Crippen LogP contribution in [0.25, 0.3) is 0 Å². The molecular formula is C39H58O14. The standard InChI is InChI=1S/C39H58O14/c1-35(2,3)31(42)46-18-20-16-22(40)21-17-24(41)49-29(25(20)21)53-30-28(52-34(45)38(10,11)12)27(51-33(44)37(7,8)9)26(50-32(43)36(4,5)6)23(48-30)19-47-39(13,14)15/h16-17,23,25-30H,18-19H2,1-15H3/t23-,25-,26-,27+,28-,29+,30+/m1/s1. The number of hydrogen-bond donors (Lipinski definition) is 0. The number of esters is 5. The van der Waals surface area contributed by atoms with E-state index < -0.39 is 106 Å². The fourth-order valence-electron chi connectivity index (χ4n) is 5.01. The first-order valence-corrected chi connectivity index (χ1v) is 17.8. The summed E-state index contributed by atoms with van der Waals surface area (Å²) in [5.41, 5.74) is -4.37. The molecule has 0 bridgehead atoms. The molecule has 7 atom stereocenters. The van der Waals surface area contributed by atoms with E-state index in [-0.39, 0.29) is 24.4 Å². The van der Waals surface area contributed by atoms with E-state index in [1.807, 2.05) is 0 Å². The van der Waals surface area contributed by atoms with Gasteiger partial charge in [0.15, 0.2) is 24.1 Å². The van der Waals surface area contributed by atoms with Gasteiger partial charge in [-0.3, -0.25) is 24.0 Å². The lowest BCUT2D eigenvalue weighted by Gasteiger charge is -2.47. The molecule has 2 aliphatic heterocycles. The summed E-state index contributed by atoms with van der Waals surface area (Å²) < 4.78 is 48.1. The molecule has 298 valence electrons. The molecule has 1 fully saturated rings. The highest BCUT2D eigenvalue weighted by molar-refractivity contribution is 6.12. The Morgan fingerprint density at radius 3 is 1.57 bits per heavy atom. The second-order valence-corrected chi connectivity index (χ2v) is 18.8. The highest BCUT2D eigenvalue weighted by Crippen LogP contribution is 2.41. The summed E-state index contributed by atoms with van der Waals surface area (Å²) in [6, 6.07) is 0. The predicted molar refractivity (Wildman–Crippen MR) is 188 cm³/mol. The molecular weight excluding hydrogens is 692 g/mol. The molecule has 1 saturated heterocycles. The molecule has 2 heterocycles. The molecule has 0 aromatic heterocycles. The molecule has 3 rings (SSSR count). The first-order chi connectivity index (χ1) is 23.9. The molecule has 0 aromatic rings. The van der Waals surface area contributed by atoms with E-state index in [1.165, 1.54) is 6.08 Å². The lowest BCUT2D eigenvalue weighted by molar-refractivity contribution is -0.344. The summed E-state index contributed by atoms with van der Waals surface area (Å²) in [5.74, 6) is -5.09. The summed E-state index contributed by atoms with van der Waals surface area (Å²) in [6.45, 7) is 24.6. The van der Waals surface area contributed by atoms with Gasteiger partial charge in [0.25, 0.3) is 0 Å². The van der Waals surface area contributed by atoms with Crippen LogP contribution in [0.15, 0.2) is 23.3 Å². The lowest BCUT2D eigenvalue weighted by atomic mass is 9.92. The molecule has 3 aliphatic rings. The third-order valence-corrected chi connectivity index (χ3v) is 8.20. The molecule has 0 radical (unpaired) electrons. The van der Waals surface area contributed by atoms with Gasteiger partial charge < -0.3 is 37.9 Å². The Hall–Kier alpha value is -3.62. The van der Waals surface area contributed by atoms with Crippen molar-refractivity contribution in [2.45, 2.75) is 146 Å². The van der Waals surface area contributed by atoms with Crippen molar-refractivity contribution in [3.63, 3.8) is 0 Å². The van der Waals surface area contributed by atoms with Gasteiger partial charge in [-0.1, -0.05) is 0 Å². The average molecular weight is 751 g/mol. The van der Waals surface area contributed by atoms with E-state index >= 15 is 0 Å². The minimum atomic E-state index is -1.65. The fourth-order valence-corrected chi connectivity index (χ4v) is 5.01. The molecule has 1 aliphatic carbocycles. The number of ketones is 1. The number of cyclic esters (lactones) is 1. The van der Waals surface area contributed by atoms with Crippen LogP contribution in [0.3, 0.4) is 0 Å². The smallest absolute Gasteiger partial charge is 0.333 e. The summed E-state index contributed by atoms with van der Waals surface area (Å²) in [5, 5.41) is 0. The third kappa shape index (κ3) is 11.4. The number of hydrogen-bond acceptors (Lipinski definition) is 14. The van der Waals surface area contributed by atoms with Crippen LogP contribution in [-0.2, 0) is 66.7 Å². The maximum Gasteiger partial charge on any atom is 0.333 e. The zero-order chi connectivity index (χ0) is 40.6. The summed E-state index contributed by atoms with van der Waals surface area (Å²) in [7, 11) is 0. The van der Waals surface area contributed by atoms with Crippen LogP contribution in [0.1, 0.15) is 104 Å². The van der Waals surface area contributed by atoms with Gasteiger partial charge in [-0.25, -0.2) is 4.79 Å². The predicted octanol–water partition coefficient (Wildman–Crippen LogP) is 4.94. The molecule has 0 unspecified atom stereocenters. The molecule has 0 saturated carbocycles. The van der Waals surface area contributed by atoms with Crippen molar-refractivity contribution in [1.82, 2.24) is 0 Å². The monoisotopic (exact) mass is 750 g/mol. The molecule has 0 spiro atoms. The zero-order valence-corrected chi connectivity index (χ0v) is 33.8. The van der Waals surface area contributed by atoms with Gasteiger partial charge in [0.05, 0.1) is 39.8 Å². The maximum atomic E-state index is 13.6. The molecule has 53 heavy (non-hydrogen) atoms. The third-order valence-electron chi connectivity index (χ3n) is 8.20. The van der Waals surface area contributed by atoms with Gasteiger partial charge in [-0.05, 0) is 116 Å². The van der Waals surface area contributed by atoms with Crippen LogP contribution in [0.4, 0.5) is 0 Å². The van der Waals surface area contributed by atoms with E-state index in [4.69, 9.17) is 37.9 Å². The van der Waals surface area contributed by atoms with E-state index in [9.17, 15) is 28.8 Å². The Kier molecular flexibility index (Phi) is 12.9. The van der Waals surface area contributed by atoms with Gasteiger partial charge >= 0.3 is 29.8 Å². The van der Waals surface area contributed by atoms with Crippen molar-refractivity contribution in [3.05, 3.63) is 23.3 Å². The summed E-state index contributed by atoms with van der Waals surface area (Å²) in [4.78, 5) is 79.3. The van der Waals surface area contributed by atoms with Crippen molar-refractivity contribution in [2.24, 2.45) is 27.6 Å². The normalized spacial score (nSPS) is 26.8. The first kappa shape index (κ1) is 43.8. The second-order valence-electron chi connectivity index (χ2n) is 18.8. The molecule has 14 nitrogen and oxygen atoms in total. The fraction of sp³-hybridized carbons (Fsp3) is 0.744. The van der Waals surface area contributed by atoms with Crippen LogP contribution >= 0.6 is 0 Å². The minimum absolute atomic E-state index is 0.0346. The van der Waals surface area contributed by atoms with Gasteiger partial charge in [0.1, 0.15) is 12.7 Å².